The molecule has 0 unspecified atom stereocenters. The summed E-state index contributed by atoms with van der Waals surface area (Å²) in [6.07, 6.45) is 4.78. The van der Waals surface area contributed by atoms with Gasteiger partial charge < -0.3 is 4.74 Å². The summed E-state index contributed by atoms with van der Waals surface area (Å²) in [7, 11) is 0. The predicted molar refractivity (Wildman–Crippen MR) is 82.3 cm³/mol. The van der Waals surface area contributed by atoms with Crippen molar-refractivity contribution < 1.29 is 13.9 Å². The van der Waals surface area contributed by atoms with E-state index < -0.39 is 0 Å². The number of carbonyl (C=O) groups excluding carboxylic acids is 1. The number of ketones is 1. The summed E-state index contributed by atoms with van der Waals surface area (Å²) in [4.78, 5) is 19.9. The second-order valence-electron chi connectivity index (χ2n) is 5.62. The monoisotopic (exact) mass is 315 g/mol. The van der Waals surface area contributed by atoms with Crippen LogP contribution in [0.3, 0.4) is 0 Å². The van der Waals surface area contributed by atoms with Crippen LogP contribution in [0.1, 0.15) is 37.2 Å². The second kappa shape index (κ2) is 6.83. The molecule has 1 N–H and O–H groups in total. The summed E-state index contributed by atoms with van der Waals surface area (Å²) in [5, 5.41) is 3.23. The quantitative estimate of drug-likeness (QED) is 0.919. The Balaban J connectivity index is 1.59. The predicted octanol–water partition coefficient (Wildman–Crippen LogP) is 2.58. The zero-order valence-corrected chi connectivity index (χ0v) is 12.8. The summed E-state index contributed by atoms with van der Waals surface area (Å²) >= 11 is 0. The number of halogens is 1. The van der Waals surface area contributed by atoms with Gasteiger partial charge in [-0.15, -0.1) is 0 Å². The molecule has 1 aromatic carbocycles. The third kappa shape index (κ3) is 3.71. The molecule has 0 saturated carbocycles. The Labute approximate surface area is 133 Å². The van der Waals surface area contributed by atoms with E-state index in [2.05, 4.69) is 15.3 Å². The molecule has 1 aliphatic heterocycles. The van der Waals surface area contributed by atoms with Gasteiger partial charge in [-0.1, -0.05) is 18.2 Å². The minimum Gasteiger partial charge on any atom is -0.486 e. The SMILES string of the molecule is CC(=O)[C@@H]1CC[C@H](c2ncc(OCc3ccccc3F)cn2)N1. The smallest absolute Gasteiger partial charge is 0.156 e. The maximum atomic E-state index is 13.5. The van der Waals surface area contributed by atoms with E-state index in [-0.39, 0.29) is 30.3 Å². The fourth-order valence-electron chi connectivity index (χ4n) is 2.62. The van der Waals surface area contributed by atoms with Gasteiger partial charge >= 0.3 is 0 Å². The number of nitrogens with zero attached hydrogens (tertiary/aromatic N) is 2. The standard InChI is InChI=1S/C17H18FN3O2/c1-11(22)15-6-7-16(21-15)17-19-8-13(9-20-17)23-10-12-4-2-3-5-14(12)18/h2-5,8-9,15-16,21H,6-7,10H2,1H3/t15-,16+/m0/s1. The van der Waals surface area contributed by atoms with Crippen molar-refractivity contribution in [2.45, 2.75) is 38.5 Å². The Kier molecular flexibility index (Phi) is 4.62. The molecule has 0 spiro atoms. The van der Waals surface area contributed by atoms with Crippen molar-refractivity contribution >= 4 is 5.78 Å². The lowest BCUT2D eigenvalue weighted by atomic mass is 10.1. The number of carbonyl (C=O) groups is 1. The highest BCUT2D eigenvalue weighted by Crippen LogP contribution is 2.25. The Morgan fingerprint density at radius 1 is 1.30 bits per heavy atom. The van der Waals surface area contributed by atoms with Crippen LogP contribution in [0.4, 0.5) is 4.39 Å². The molecule has 0 bridgehead atoms. The maximum Gasteiger partial charge on any atom is 0.156 e. The van der Waals surface area contributed by atoms with Gasteiger partial charge in [-0.05, 0) is 25.8 Å². The fourth-order valence-corrected chi connectivity index (χ4v) is 2.62. The number of benzene rings is 1. The van der Waals surface area contributed by atoms with E-state index in [0.29, 0.717) is 17.1 Å². The number of nitrogens with one attached hydrogen (secondary N) is 1. The van der Waals surface area contributed by atoms with E-state index in [1.165, 1.54) is 6.07 Å². The summed E-state index contributed by atoms with van der Waals surface area (Å²) in [5.74, 6) is 0.970. The molecule has 23 heavy (non-hydrogen) atoms. The van der Waals surface area contributed by atoms with Gasteiger partial charge in [-0.3, -0.25) is 10.1 Å². The number of hydrogen-bond acceptors (Lipinski definition) is 5. The zero-order chi connectivity index (χ0) is 16.2. The van der Waals surface area contributed by atoms with E-state index in [1.807, 2.05) is 0 Å². The van der Waals surface area contributed by atoms with Crippen molar-refractivity contribution in [1.82, 2.24) is 15.3 Å². The van der Waals surface area contributed by atoms with E-state index >= 15 is 0 Å². The highest BCUT2D eigenvalue weighted by molar-refractivity contribution is 5.81. The lowest BCUT2D eigenvalue weighted by Gasteiger charge is -2.12. The lowest BCUT2D eigenvalue weighted by molar-refractivity contribution is -0.118. The van der Waals surface area contributed by atoms with Gasteiger partial charge in [0.15, 0.2) is 5.75 Å². The van der Waals surface area contributed by atoms with E-state index in [4.69, 9.17) is 4.74 Å². The Morgan fingerprint density at radius 2 is 2.04 bits per heavy atom. The minimum absolute atomic E-state index is 0.00971. The Hall–Kier alpha value is -2.34. The van der Waals surface area contributed by atoms with Crippen molar-refractivity contribution in [3.8, 4) is 5.75 Å². The van der Waals surface area contributed by atoms with Crippen LogP contribution in [-0.4, -0.2) is 21.8 Å². The molecule has 0 aliphatic carbocycles. The molecule has 1 fully saturated rings. The van der Waals surface area contributed by atoms with Crippen molar-refractivity contribution in [3.05, 3.63) is 53.9 Å². The second-order valence-corrected chi connectivity index (χ2v) is 5.62. The van der Waals surface area contributed by atoms with E-state index in [1.54, 1.807) is 37.5 Å². The molecule has 6 heteroatoms. The molecular formula is C17H18FN3O2. The first kappa shape index (κ1) is 15.6. The summed E-state index contributed by atoms with van der Waals surface area (Å²) in [5.41, 5.74) is 0.485. The third-order valence-electron chi connectivity index (χ3n) is 3.95. The molecule has 0 radical (unpaired) electrons. The highest BCUT2D eigenvalue weighted by Gasteiger charge is 2.29. The van der Waals surface area contributed by atoms with Gasteiger partial charge in [0.2, 0.25) is 0 Å². The van der Waals surface area contributed by atoms with Crippen LogP contribution in [0.5, 0.6) is 5.75 Å². The Morgan fingerprint density at radius 3 is 2.70 bits per heavy atom. The number of ether oxygens (including phenoxy) is 1. The first-order chi connectivity index (χ1) is 11.1. The lowest BCUT2D eigenvalue weighted by Crippen LogP contribution is -2.30. The van der Waals surface area contributed by atoms with Gasteiger partial charge in [-0.2, -0.15) is 0 Å². The molecule has 1 aliphatic rings. The normalized spacial score (nSPS) is 20.4. The van der Waals surface area contributed by atoms with Gasteiger partial charge in [-0.25, -0.2) is 14.4 Å². The molecular weight excluding hydrogens is 297 g/mol. The molecule has 5 nitrogen and oxygen atoms in total. The molecule has 2 heterocycles. The number of rotatable bonds is 5. The van der Waals surface area contributed by atoms with Crippen LogP contribution < -0.4 is 10.1 Å². The van der Waals surface area contributed by atoms with Crippen LogP contribution in [0, 0.1) is 5.82 Å². The highest BCUT2D eigenvalue weighted by atomic mass is 19.1. The van der Waals surface area contributed by atoms with Crippen LogP contribution >= 0.6 is 0 Å². The molecule has 2 atom stereocenters. The summed E-state index contributed by atoms with van der Waals surface area (Å²) in [6, 6.07) is 6.35. The number of Topliss-reactive ketones (excluding diaryl/α,β-unsaturated/α-hetero) is 1. The average Bonchev–Trinajstić information content (AvgIpc) is 3.05. The van der Waals surface area contributed by atoms with Gasteiger partial charge in [0.25, 0.3) is 0 Å². The van der Waals surface area contributed by atoms with Gasteiger partial charge in [0.1, 0.15) is 24.0 Å². The van der Waals surface area contributed by atoms with E-state index in [9.17, 15) is 9.18 Å². The first-order valence-corrected chi connectivity index (χ1v) is 7.58. The zero-order valence-electron chi connectivity index (χ0n) is 12.8. The van der Waals surface area contributed by atoms with Crippen LogP contribution in [-0.2, 0) is 11.4 Å². The fraction of sp³-hybridized carbons (Fsp3) is 0.353. The summed E-state index contributed by atoms with van der Waals surface area (Å²) in [6.45, 7) is 1.71. The molecule has 120 valence electrons. The van der Waals surface area contributed by atoms with Crippen molar-refractivity contribution in [1.29, 1.82) is 0 Å². The first-order valence-electron chi connectivity index (χ1n) is 7.58. The van der Waals surface area contributed by atoms with Crippen LogP contribution in [0.2, 0.25) is 0 Å². The van der Waals surface area contributed by atoms with Crippen molar-refractivity contribution in [2.24, 2.45) is 0 Å². The van der Waals surface area contributed by atoms with Crippen LogP contribution in [0.15, 0.2) is 36.7 Å². The maximum absolute atomic E-state index is 13.5. The van der Waals surface area contributed by atoms with Gasteiger partial charge in [0.05, 0.1) is 24.5 Å². The molecule has 1 aromatic heterocycles. The van der Waals surface area contributed by atoms with Crippen molar-refractivity contribution in [2.75, 3.05) is 0 Å². The largest absolute Gasteiger partial charge is 0.486 e. The third-order valence-corrected chi connectivity index (χ3v) is 3.95. The molecule has 2 aromatic rings. The van der Waals surface area contributed by atoms with Crippen LogP contribution in [0.25, 0.3) is 0 Å². The summed E-state index contributed by atoms with van der Waals surface area (Å²) < 4.78 is 19.0. The Bertz CT molecular complexity index is 690. The van der Waals surface area contributed by atoms with Gasteiger partial charge in [0, 0.05) is 5.56 Å². The number of hydrogen-bond donors (Lipinski definition) is 1. The number of aromatic nitrogens is 2. The topological polar surface area (TPSA) is 64.1 Å². The molecule has 3 rings (SSSR count). The van der Waals surface area contributed by atoms with E-state index in [0.717, 1.165) is 12.8 Å². The molecule has 0 amide bonds. The molecule has 1 saturated heterocycles. The minimum atomic E-state index is -0.296. The van der Waals surface area contributed by atoms with Crippen molar-refractivity contribution in [3.63, 3.8) is 0 Å². The average molecular weight is 315 g/mol.